The van der Waals surface area contributed by atoms with Crippen LogP contribution in [0.5, 0.6) is 0 Å². The van der Waals surface area contributed by atoms with Crippen molar-refractivity contribution in [2.45, 2.75) is 19.8 Å². The summed E-state index contributed by atoms with van der Waals surface area (Å²) in [6, 6.07) is 0.993. The van der Waals surface area contributed by atoms with Crippen LogP contribution in [0.2, 0.25) is 0 Å². The standard InChI is InChI=1S/C12H10F3N3O2/c1-2-3-9-11(12(19)20)16-17-18(9)10-5-7(14)6(13)4-8(10)15/h4-5H,2-3H2,1H3,(H,19,20). The molecule has 106 valence electrons. The lowest BCUT2D eigenvalue weighted by molar-refractivity contribution is 0.0689. The molecule has 2 rings (SSSR count). The molecule has 20 heavy (non-hydrogen) atoms. The lowest BCUT2D eigenvalue weighted by atomic mass is 10.2. The van der Waals surface area contributed by atoms with Gasteiger partial charge in [-0.3, -0.25) is 0 Å². The van der Waals surface area contributed by atoms with Crippen LogP contribution in [0, 0.1) is 17.5 Å². The van der Waals surface area contributed by atoms with Crippen LogP contribution in [0.3, 0.4) is 0 Å². The van der Waals surface area contributed by atoms with Crippen molar-refractivity contribution in [3.63, 3.8) is 0 Å². The van der Waals surface area contributed by atoms with E-state index in [1.54, 1.807) is 6.92 Å². The number of aromatic nitrogens is 3. The van der Waals surface area contributed by atoms with E-state index >= 15 is 0 Å². The monoisotopic (exact) mass is 285 g/mol. The molecule has 1 heterocycles. The van der Waals surface area contributed by atoms with Crippen molar-refractivity contribution in [2.75, 3.05) is 0 Å². The Labute approximate surface area is 111 Å². The van der Waals surface area contributed by atoms with Gasteiger partial charge < -0.3 is 5.11 Å². The molecule has 1 aromatic carbocycles. The van der Waals surface area contributed by atoms with Gasteiger partial charge in [-0.1, -0.05) is 18.6 Å². The molecule has 1 aromatic heterocycles. The molecule has 0 unspecified atom stereocenters. The molecule has 1 N–H and O–H groups in total. The Morgan fingerprint density at radius 1 is 1.25 bits per heavy atom. The van der Waals surface area contributed by atoms with Crippen molar-refractivity contribution in [1.82, 2.24) is 15.0 Å². The maximum Gasteiger partial charge on any atom is 0.358 e. The molecule has 8 heteroatoms. The van der Waals surface area contributed by atoms with Crippen LogP contribution in [0.4, 0.5) is 13.2 Å². The maximum absolute atomic E-state index is 13.7. The third kappa shape index (κ3) is 2.36. The predicted molar refractivity (Wildman–Crippen MR) is 62.2 cm³/mol. The van der Waals surface area contributed by atoms with Crippen molar-refractivity contribution < 1.29 is 23.1 Å². The van der Waals surface area contributed by atoms with Crippen molar-refractivity contribution in [1.29, 1.82) is 0 Å². The van der Waals surface area contributed by atoms with E-state index in [0.29, 0.717) is 18.6 Å². The second-order valence-corrected chi connectivity index (χ2v) is 4.07. The molecule has 0 bridgehead atoms. The third-order valence-corrected chi connectivity index (χ3v) is 2.67. The number of carboxylic acids is 1. The lowest BCUT2D eigenvalue weighted by Gasteiger charge is -2.07. The molecule has 0 fully saturated rings. The molecule has 0 amide bonds. The Morgan fingerprint density at radius 2 is 1.90 bits per heavy atom. The highest BCUT2D eigenvalue weighted by Gasteiger charge is 2.22. The van der Waals surface area contributed by atoms with Gasteiger partial charge in [0.15, 0.2) is 23.1 Å². The van der Waals surface area contributed by atoms with E-state index in [9.17, 15) is 18.0 Å². The second kappa shape index (κ2) is 5.32. The summed E-state index contributed by atoms with van der Waals surface area (Å²) in [6.07, 6.45) is 0.812. The number of aromatic carboxylic acids is 1. The minimum atomic E-state index is -1.33. The summed E-state index contributed by atoms with van der Waals surface area (Å²) in [5.41, 5.74) is -0.590. The van der Waals surface area contributed by atoms with Gasteiger partial charge in [-0.25, -0.2) is 22.6 Å². The highest BCUT2D eigenvalue weighted by atomic mass is 19.2. The van der Waals surface area contributed by atoms with Crippen LogP contribution in [0.1, 0.15) is 29.5 Å². The van der Waals surface area contributed by atoms with Crippen LogP contribution in [0.25, 0.3) is 5.69 Å². The number of halogens is 3. The summed E-state index contributed by atoms with van der Waals surface area (Å²) in [4.78, 5) is 11.0. The van der Waals surface area contributed by atoms with Crippen molar-refractivity contribution in [3.05, 3.63) is 41.0 Å². The van der Waals surface area contributed by atoms with Gasteiger partial charge in [0.1, 0.15) is 5.69 Å². The second-order valence-electron chi connectivity index (χ2n) is 4.07. The quantitative estimate of drug-likeness (QED) is 0.875. The molecule has 0 saturated carbocycles. The molecular weight excluding hydrogens is 275 g/mol. The molecule has 5 nitrogen and oxygen atoms in total. The number of nitrogens with zero attached hydrogens (tertiary/aromatic N) is 3. The van der Waals surface area contributed by atoms with E-state index in [2.05, 4.69) is 10.3 Å². The number of hydrogen-bond acceptors (Lipinski definition) is 3. The zero-order chi connectivity index (χ0) is 14.9. The zero-order valence-electron chi connectivity index (χ0n) is 10.4. The highest BCUT2D eigenvalue weighted by molar-refractivity contribution is 5.86. The van der Waals surface area contributed by atoms with Gasteiger partial charge in [-0.05, 0) is 6.42 Å². The first-order valence-corrected chi connectivity index (χ1v) is 5.78. The minimum absolute atomic E-state index is 0.130. The van der Waals surface area contributed by atoms with E-state index in [0.717, 1.165) is 4.68 Å². The van der Waals surface area contributed by atoms with Gasteiger partial charge in [-0.15, -0.1) is 5.10 Å². The van der Waals surface area contributed by atoms with E-state index in [-0.39, 0.29) is 23.5 Å². The fourth-order valence-corrected chi connectivity index (χ4v) is 1.80. The Bertz CT molecular complexity index is 670. The van der Waals surface area contributed by atoms with Crippen LogP contribution in [-0.2, 0) is 6.42 Å². The fourth-order valence-electron chi connectivity index (χ4n) is 1.80. The summed E-state index contributed by atoms with van der Waals surface area (Å²) in [5, 5.41) is 15.9. The van der Waals surface area contributed by atoms with Crippen LogP contribution >= 0.6 is 0 Å². The first-order chi connectivity index (χ1) is 9.45. The largest absolute Gasteiger partial charge is 0.476 e. The summed E-state index contributed by atoms with van der Waals surface area (Å²) < 4.78 is 40.7. The molecule has 0 saturated heterocycles. The van der Waals surface area contributed by atoms with Crippen molar-refractivity contribution >= 4 is 5.97 Å². The van der Waals surface area contributed by atoms with E-state index in [4.69, 9.17) is 5.11 Å². The average Bonchev–Trinajstić information content (AvgIpc) is 2.78. The Kier molecular flexibility index (Phi) is 3.73. The Balaban J connectivity index is 2.63. The van der Waals surface area contributed by atoms with Gasteiger partial charge >= 0.3 is 5.97 Å². The SMILES string of the molecule is CCCc1c(C(=O)O)nnn1-c1cc(F)c(F)cc1F. The average molecular weight is 285 g/mol. The molecule has 2 aromatic rings. The van der Waals surface area contributed by atoms with Gasteiger partial charge in [0.2, 0.25) is 0 Å². The van der Waals surface area contributed by atoms with Gasteiger partial charge in [0.25, 0.3) is 0 Å². The number of carbonyl (C=O) groups is 1. The Morgan fingerprint density at radius 3 is 2.50 bits per heavy atom. The zero-order valence-corrected chi connectivity index (χ0v) is 10.4. The molecule has 0 aliphatic heterocycles. The summed E-state index contributed by atoms with van der Waals surface area (Å²) in [7, 11) is 0. The summed E-state index contributed by atoms with van der Waals surface area (Å²) in [6.45, 7) is 1.78. The van der Waals surface area contributed by atoms with E-state index < -0.39 is 23.4 Å². The number of benzene rings is 1. The number of rotatable bonds is 4. The molecule has 0 spiro atoms. The molecular formula is C12H10F3N3O2. The first kappa shape index (κ1) is 14.0. The topological polar surface area (TPSA) is 68.0 Å². The molecule has 0 aliphatic rings. The van der Waals surface area contributed by atoms with Gasteiger partial charge in [0, 0.05) is 12.1 Å². The summed E-state index contributed by atoms with van der Waals surface area (Å²) in [5.74, 6) is -4.95. The predicted octanol–water partition coefficient (Wildman–Crippen LogP) is 2.34. The smallest absolute Gasteiger partial charge is 0.358 e. The van der Waals surface area contributed by atoms with Crippen molar-refractivity contribution in [2.24, 2.45) is 0 Å². The van der Waals surface area contributed by atoms with E-state index in [1.807, 2.05) is 0 Å². The molecule has 0 aliphatic carbocycles. The number of carboxylic acid groups (broad SMARTS) is 1. The van der Waals surface area contributed by atoms with Crippen LogP contribution < -0.4 is 0 Å². The Hall–Kier alpha value is -2.38. The normalized spacial score (nSPS) is 10.8. The van der Waals surface area contributed by atoms with E-state index in [1.165, 1.54) is 0 Å². The fraction of sp³-hybridized carbons (Fsp3) is 0.250. The maximum atomic E-state index is 13.7. The van der Waals surface area contributed by atoms with Crippen LogP contribution in [-0.4, -0.2) is 26.1 Å². The lowest BCUT2D eigenvalue weighted by Crippen LogP contribution is -2.09. The minimum Gasteiger partial charge on any atom is -0.476 e. The number of hydrogen-bond donors (Lipinski definition) is 1. The summed E-state index contributed by atoms with van der Waals surface area (Å²) >= 11 is 0. The van der Waals surface area contributed by atoms with Crippen molar-refractivity contribution in [3.8, 4) is 5.69 Å². The van der Waals surface area contributed by atoms with Crippen LogP contribution in [0.15, 0.2) is 12.1 Å². The van der Waals surface area contributed by atoms with Gasteiger partial charge in [0.05, 0.1) is 5.69 Å². The molecule has 0 radical (unpaired) electrons. The molecule has 0 atom stereocenters. The van der Waals surface area contributed by atoms with Gasteiger partial charge in [-0.2, -0.15) is 0 Å². The third-order valence-electron chi connectivity index (χ3n) is 2.67. The highest BCUT2D eigenvalue weighted by Crippen LogP contribution is 2.20. The first-order valence-electron chi connectivity index (χ1n) is 5.78.